The third kappa shape index (κ3) is 4.52. The molecular formula is C13H28N2O. The van der Waals surface area contributed by atoms with Crippen LogP contribution < -0.4 is 5.73 Å². The van der Waals surface area contributed by atoms with Crippen LogP contribution in [0.15, 0.2) is 0 Å². The lowest BCUT2D eigenvalue weighted by atomic mass is 9.88. The molecule has 2 N–H and O–H groups in total. The highest BCUT2D eigenvalue weighted by atomic mass is 16.2. The van der Waals surface area contributed by atoms with Gasteiger partial charge in [0.1, 0.15) is 0 Å². The Morgan fingerprint density at radius 3 is 2.25 bits per heavy atom. The summed E-state index contributed by atoms with van der Waals surface area (Å²) in [4.78, 5) is 13.9. The maximum absolute atomic E-state index is 12.1. The highest BCUT2D eigenvalue weighted by Crippen LogP contribution is 2.22. The van der Waals surface area contributed by atoms with Crippen molar-refractivity contribution in [2.75, 3.05) is 13.6 Å². The number of carbonyl (C=O) groups is 1. The number of hydrogen-bond donors (Lipinski definition) is 1. The van der Waals surface area contributed by atoms with E-state index in [4.69, 9.17) is 5.73 Å². The van der Waals surface area contributed by atoms with Crippen LogP contribution in [0.2, 0.25) is 0 Å². The van der Waals surface area contributed by atoms with Crippen LogP contribution in [0, 0.1) is 11.3 Å². The third-order valence-corrected chi connectivity index (χ3v) is 3.46. The zero-order chi connectivity index (χ0) is 12.9. The van der Waals surface area contributed by atoms with Crippen molar-refractivity contribution in [3.8, 4) is 0 Å². The molecule has 0 aliphatic heterocycles. The largest absolute Gasteiger partial charge is 0.345 e. The zero-order valence-electron chi connectivity index (χ0n) is 11.7. The first-order valence-electron chi connectivity index (χ1n) is 6.23. The fraction of sp³-hybridized carbons (Fsp3) is 0.923. The first-order valence-corrected chi connectivity index (χ1v) is 6.23. The molecule has 0 aliphatic carbocycles. The number of nitrogens with two attached hydrogens (primary N) is 1. The Kier molecular flexibility index (Phi) is 6.01. The lowest BCUT2D eigenvalue weighted by Crippen LogP contribution is -2.40. The number of amides is 1. The van der Waals surface area contributed by atoms with Crippen LogP contribution in [0.4, 0.5) is 0 Å². The molecule has 0 rings (SSSR count). The number of nitrogens with zero attached hydrogens (tertiary/aromatic N) is 1. The van der Waals surface area contributed by atoms with Crippen LogP contribution in [0.1, 0.15) is 47.5 Å². The van der Waals surface area contributed by atoms with Gasteiger partial charge in [-0.25, -0.2) is 0 Å². The molecule has 0 saturated heterocycles. The second kappa shape index (κ2) is 6.24. The maximum Gasteiger partial charge on any atom is 0.227 e. The predicted molar refractivity (Wildman–Crippen MR) is 69.1 cm³/mol. The van der Waals surface area contributed by atoms with Gasteiger partial charge in [0.15, 0.2) is 0 Å². The van der Waals surface area contributed by atoms with Crippen LogP contribution in [0.3, 0.4) is 0 Å². The average molecular weight is 228 g/mol. The fourth-order valence-corrected chi connectivity index (χ4v) is 1.45. The Balaban J connectivity index is 4.17. The Bertz CT molecular complexity index is 224. The van der Waals surface area contributed by atoms with Gasteiger partial charge < -0.3 is 10.6 Å². The molecule has 3 heteroatoms. The highest BCUT2D eigenvalue weighted by molar-refractivity contribution is 5.81. The molecule has 0 bridgehead atoms. The molecule has 3 nitrogen and oxygen atoms in total. The predicted octanol–water partition coefficient (Wildman–Crippen LogP) is 2.25. The van der Waals surface area contributed by atoms with Crippen LogP contribution in [0.5, 0.6) is 0 Å². The van der Waals surface area contributed by atoms with Gasteiger partial charge in [-0.1, -0.05) is 34.6 Å². The van der Waals surface area contributed by atoms with E-state index in [0.29, 0.717) is 5.92 Å². The monoisotopic (exact) mass is 228 g/mol. The van der Waals surface area contributed by atoms with Crippen molar-refractivity contribution in [1.82, 2.24) is 4.90 Å². The first-order chi connectivity index (χ1) is 7.22. The van der Waals surface area contributed by atoms with Gasteiger partial charge in [0.2, 0.25) is 5.91 Å². The van der Waals surface area contributed by atoms with Crippen molar-refractivity contribution in [3.05, 3.63) is 0 Å². The molecule has 0 fully saturated rings. The topological polar surface area (TPSA) is 46.3 Å². The van der Waals surface area contributed by atoms with Crippen LogP contribution in [0.25, 0.3) is 0 Å². The van der Waals surface area contributed by atoms with Gasteiger partial charge in [-0.15, -0.1) is 0 Å². The van der Waals surface area contributed by atoms with E-state index in [1.54, 1.807) is 0 Å². The average Bonchev–Trinajstić information content (AvgIpc) is 2.23. The van der Waals surface area contributed by atoms with E-state index in [2.05, 4.69) is 13.8 Å². The minimum absolute atomic E-state index is 0.181. The Morgan fingerprint density at radius 2 is 1.88 bits per heavy atom. The summed E-state index contributed by atoms with van der Waals surface area (Å²) in [6, 6.07) is 0.181. The standard InChI is InChI=1S/C13H28N2O/c1-7-13(4,5)12(16)15(6)9-8-11(14)10(2)3/h10-11H,7-9,14H2,1-6H3. The number of hydrogen-bond acceptors (Lipinski definition) is 2. The minimum Gasteiger partial charge on any atom is -0.345 e. The molecule has 16 heavy (non-hydrogen) atoms. The molecule has 1 atom stereocenters. The highest BCUT2D eigenvalue weighted by Gasteiger charge is 2.28. The van der Waals surface area contributed by atoms with Gasteiger partial charge in [0, 0.05) is 25.0 Å². The zero-order valence-corrected chi connectivity index (χ0v) is 11.7. The molecular weight excluding hydrogens is 200 g/mol. The lowest BCUT2D eigenvalue weighted by molar-refractivity contribution is -0.139. The Morgan fingerprint density at radius 1 is 1.38 bits per heavy atom. The van der Waals surface area contributed by atoms with E-state index < -0.39 is 0 Å². The van der Waals surface area contributed by atoms with Crippen molar-refractivity contribution < 1.29 is 4.79 Å². The fourth-order valence-electron chi connectivity index (χ4n) is 1.45. The number of carbonyl (C=O) groups excluding carboxylic acids is 1. The molecule has 0 aromatic carbocycles. The smallest absolute Gasteiger partial charge is 0.227 e. The van der Waals surface area contributed by atoms with E-state index >= 15 is 0 Å². The summed E-state index contributed by atoms with van der Waals surface area (Å²) >= 11 is 0. The van der Waals surface area contributed by atoms with E-state index in [0.717, 1.165) is 19.4 Å². The van der Waals surface area contributed by atoms with E-state index in [1.807, 2.05) is 32.7 Å². The van der Waals surface area contributed by atoms with Gasteiger partial charge in [-0.05, 0) is 18.8 Å². The van der Waals surface area contributed by atoms with Gasteiger partial charge in [-0.3, -0.25) is 4.79 Å². The summed E-state index contributed by atoms with van der Waals surface area (Å²) in [6.45, 7) is 11.0. The van der Waals surface area contributed by atoms with Gasteiger partial charge >= 0.3 is 0 Å². The van der Waals surface area contributed by atoms with Crippen LogP contribution in [-0.2, 0) is 4.79 Å². The third-order valence-electron chi connectivity index (χ3n) is 3.46. The van der Waals surface area contributed by atoms with Crippen LogP contribution in [-0.4, -0.2) is 30.4 Å². The molecule has 1 amide bonds. The second-order valence-corrected chi connectivity index (χ2v) is 5.66. The summed E-state index contributed by atoms with van der Waals surface area (Å²) in [7, 11) is 1.87. The molecule has 0 heterocycles. The van der Waals surface area contributed by atoms with Crippen molar-refractivity contribution >= 4 is 5.91 Å². The van der Waals surface area contributed by atoms with E-state index in [-0.39, 0.29) is 17.4 Å². The van der Waals surface area contributed by atoms with Crippen molar-refractivity contribution in [3.63, 3.8) is 0 Å². The molecule has 0 spiro atoms. The molecule has 0 saturated carbocycles. The summed E-state index contributed by atoms with van der Waals surface area (Å²) in [6.07, 6.45) is 1.74. The Labute approximate surface area is 100 Å². The van der Waals surface area contributed by atoms with E-state index in [1.165, 1.54) is 0 Å². The van der Waals surface area contributed by atoms with Crippen molar-refractivity contribution in [2.45, 2.75) is 53.5 Å². The first kappa shape index (κ1) is 15.4. The van der Waals surface area contributed by atoms with Gasteiger partial charge in [0.25, 0.3) is 0 Å². The molecule has 96 valence electrons. The van der Waals surface area contributed by atoms with Crippen LogP contribution >= 0.6 is 0 Å². The molecule has 0 aromatic rings. The SMILES string of the molecule is CCC(C)(C)C(=O)N(C)CCC(N)C(C)C. The van der Waals surface area contributed by atoms with Crippen molar-refractivity contribution in [1.29, 1.82) is 0 Å². The van der Waals surface area contributed by atoms with Gasteiger partial charge in [0.05, 0.1) is 0 Å². The van der Waals surface area contributed by atoms with Crippen molar-refractivity contribution in [2.24, 2.45) is 17.1 Å². The Hall–Kier alpha value is -0.570. The van der Waals surface area contributed by atoms with Gasteiger partial charge in [-0.2, -0.15) is 0 Å². The normalized spacial score (nSPS) is 14.0. The molecule has 0 aromatic heterocycles. The number of rotatable bonds is 6. The second-order valence-electron chi connectivity index (χ2n) is 5.66. The summed E-state index contributed by atoms with van der Waals surface area (Å²) in [5.74, 6) is 0.689. The van der Waals surface area contributed by atoms with E-state index in [9.17, 15) is 4.79 Å². The summed E-state index contributed by atoms with van der Waals surface area (Å²) in [5.41, 5.74) is 5.72. The molecule has 0 aliphatic rings. The minimum atomic E-state index is -0.253. The lowest BCUT2D eigenvalue weighted by Gasteiger charge is -2.29. The summed E-state index contributed by atoms with van der Waals surface area (Å²) in [5, 5.41) is 0. The quantitative estimate of drug-likeness (QED) is 0.758. The molecule has 1 unspecified atom stereocenters. The summed E-state index contributed by atoms with van der Waals surface area (Å²) < 4.78 is 0. The molecule has 0 radical (unpaired) electrons. The maximum atomic E-state index is 12.1.